The van der Waals surface area contributed by atoms with Crippen molar-refractivity contribution in [2.45, 2.75) is 38.2 Å². The lowest BCUT2D eigenvalue weighted by atomic mass is 10.2. The number of nitrogens with two attached hydrogens (primary N) is 1. The highest BCUT2D eigenvalue weighted by Gasteiger charge is 2.48. The summed E-state index contributed by atoms with van der Waals surface area (Å²) < 4.78 is 53.5. The van der Waals surface area contributed by atoms with Gasteiger partial charge in [-0.25, -0.2) is 8.78 Å². The van der Waals surface area contributed by atoms with Gasteiger partial charge >= 0.3 is 18.2 Å². The van der Waals surface area contributed by atoms with E-state index in [2.05, 4.69) is 14.7 Å². The highest BCUT2D eigenvalue weighted by atomic mass is 19.3. The van der Waals surface area contributed by atoms with Gasteiger partial charge in [0.15, 0.2) is 5.82 Å². The second-order valence-electron chi connectivity index (χ2n) is 3.28. The Bertz CT molecular complexity index is 342. The zero-order valence-electron chi connectivity index (χ0n) is 8.46. The Morgan fingerprint density at radius 1 is 1.44 bits per heavy atom. The second-order valence-corrected chi connectivity index (χ2v) is 3.28. The summed E-state index contributed by atoms with van der Waals surface area (Å²) in [6.45, 7) is 1.83. The van der Waals surface area contributed by atoms with E-state index < -0.39 is 24.3 Å². The molecule has 0 aliphatic carbocycles. The summed E-state index contributed by atoms with van der Waals surface area (Å²) in [5.74, 6) is -6.02. The molecule has 8 heteroatoms. The topological polar surface area (TPSA) is 64.9 Å². The van der Waals surface area contributed by atoms with Gasteiger partial charge in [-0.1, -0.05) is 18.5 Å². The summed E-state index contributed by atoms with van der Waals surface area (Å²) in [5, 5.41) is 3.16. The van der Waals surface area contributed by atoms with Crippen molar-refractivity contribution in [3.05, 3.63) is 11.7 Å². The van der Waals surface area contributed by atoms with E-state index >= 15 is 0 Å². The first-order chi connectivity index (χ1) is 7.39. The average molecular weight is 241 g/mol. The highest BCUT2D eigenvalue weighted by Crippen LogP contribution is 2.33. The Morgan fingerprint density at radius 2 is 2.06 bits per heavy atom. The van der Waals surface area contributed by atoms with E-state index in [4.69, 9.17) is 5.73 Å². The normalized spacial score (nSPS) is 14.4. The molecule has 2 N–H and O–H groups in total. The first-order valence-corrected chi connectivity index (χ1v) is 4.65. The number of nitrogens with zero attached hydrogens (tertiary/aromatic N) is 2. The summed E-state index contributed by atoms with van der Waals surface area (Å²) in [4.78, 5) is 3.19. The molecule has 0 fully saturated rings. The van der Waals surface area contributed by atoms with Crippen LogP contribution in [0, 0.1) is 0 Å². The second kappa shape index (κ2) is 4.77. The molecule has 1 atom stereocenters. The first-order valence-electron chi connectivity index (χ1n) is 4.65. The molecule has 16 heavy (non-hydrogen) atoms. The number of rotatable bonds is 5. The van der Waals surface area contributed by atoms with Crippen LogP contribution in [0.3, 0.4) is 0 Å². The number of alkyl halides is 4. The Hall–Kier alpha value is -1.18. The van der Waals surface area contributed by atoms with Crippen molar-refractivity contribution in [3.8, 4) is 0 Å². The molecule has 1 aromatic rings. The molecule has 0 spiro atoms. The van der Waals surface area contributed by atoms with Gasteiger partial charge in [0.2, 0.25) is 0 Å². The van der Waals surface area contributed by atoms with Crippen LogP contribution in [0.25, 0.3) is 0 Å². The predicted molar refractivity (Wildman–Crippen MR) is 46.0 cm³/mol. The van der Waals surface area contributed by atoms with Gasteiger partial charge in [-0.05, 0) is 6.42 Å². The largest absolute Gasteiger partial charge is 0.383 e. The Morgan fingerprint density at radius 3 is 2.56 bits per heavy atom. The lowest BCUT2D eigenvalue weighted by molar-refractivity contribution is -0.152. The number of aromatic nitrogens is 2. The van der Waals surface area contributed by atoms with Crippen molar-refractivity contribution in [3.63, 3.8) is 0 Å². The minimum atomic E-state index is -4.43. The van der Waals surface area contributed by atoms with Crippen LogP contribution in [0.1, 0.15) is 37.5 Å². The summed E-state index contributed by atoms with van der Waals surface area (Å²) in [6.07, 6.45) is -2.74. The molecular weight excluding hydrogens is 230 g/mol. The summed E-state index contributed by atoms with van der Waals surface area (Å²) in [5.41, 5.74) is 5.52. The van der Waals surface area contributed by atoms with E-state index in [1.807, 2.05) is 6.92 Å². The minimum Gasteiger partial charge on any atom is -0.332 e. The molecular formula is C8H11F4N3O. The molecule has 0 aliphatic rings. The Balaban J connectivity index is 2.86. The van der Waals surface area contributed by atoms with Gasteiger partial charge in [-0.3, -0.25) is 0 Å². The molecule has 92 valence electrons. The maximum Gasteiger partial charge on any atom is 0.383 e. The zero-order chi connectivity index (χ0) is 12.3. The third-order valence-corrected chi connectivity index (χ3v) is 1.93. The van der Waals surface area contributed by atoms with Crippen LogP contribution in [-0.2, 0) is 5.92 Å². The molecule has 0 saturated heterocycles. The van der Waals surface area contributed by atoms with Crippen LogP contribution in [0.5, 0.6) is 0 Å². The van der Waals surface area contributed by atoms with Crippen LogP contribution in [-0.4, -0.2) is 16.6 Å². The highest BCUT2D eigenvalue weighted by molar-refractivity contribution is 4.98. The Labute approximate surface area is 88.8 Å². The van der Waals surface area contributed by atoms with E-state index in [1.54, 1.807) is 0 Å². The first kappa shape index (κ1) is 12.9. The lowest BCUT2D eigenvalue weighted by Gasteiger charge is -2.09. The van der Waals surface area contributed by atoms with Crippen LogP contribution in [0.2, 0.25) is 0 Å². The molecule has 0 saturated carbocycles. The molecule has 4 nitrogen and oxygen atoms in total. The zero-order valence-corrected chi connectivity index (χ0v) is 8.46. The Kier molecular flexibility index (Phi) is 3.84. The van der Waals surface area contributed by atoms with Gasteiger partial charge < -0.3 is 10.3 Å². The van der Waals surface area contributed by atoms with E-state index in [1.165, 1.54) is 0 Å². The molecule has 0 radical (unpaired) electrons. The van der Waals surface area contributed by atoms with Gasteiger partial charge in [-0.15, -0.1) is 0 Å². The van der Waals surface area contributed by atoms with Crippen molar-refractivity contribution in [1.29, 1.82) is 0 Å². The fraction of sp³-hybridized carbons (Fsp3) is 0.750. The molecule has 1 heterocycles. The fourth-order valence-corrected chi connectivity index (χ4v) is 1.05. The van der Waals surface area contributed by atoms with E-state index in [-0.39, 0.29) is 5.82 Å². The monoisotopic (exact) mass is 241 g/mol. The number of hydrogen-bond acceptors (Lipinski definition) is 4. The molecule has 1 unspecified atom stereocenters. The quantitative estimate of drug-likeness (QED) is 0.803. The van der Waals surface area contributed by atoms with Gasteiger partial charge in [0.25, 0.3) is 0 Å². The van der Waals surface area contributed by atoms with Gasteiger partial charge in [-0.2, -0.15) is 13.8 Å². The van der Waals surface area contributed by atoms with Crippen LogP contribution in [0.15, 0.2) is 4.52 Å². The van der Waals surface area contributed by atoms with Crippen molar-refractivity contribution >= 4 is 0 Å². The summed E-state index contributed by atoms with van der Waals surface area (Å²) in [6, 6.07) is -0.684. The summed E-state index contributed by atoms with van der Waals surface area (Å²) in [7, 11) is 0. The van der Waals surface area contributed by atoms with E-state index in [9.17, 15) is 17.6 Å². The molecule has 1 aromatic heterocycles. The van der Waals surface area contributed by atoms with Crippen LogP contribution in [0.4, 0.5) is 17.6 Å². The van der Waals surface area contributed by atoms with Gasteiger partial charge in [0, 0.05) is 0 Å². The van der Waals surface area contributed by atoms with Crippen molar-refractivity contribution in [2.24, 2.45) is 5.73 Å². The van der Waals surface area contributed by atoms with Gasteiger partial charge in [0.05, 0.1) is 6.04 Å². The SMILES string of the molecule is CCCC(N)c1noc(C(F)(F)C(F)F)n1. The maximum absolute atomic E-state index is 12.8. The fourth-order valence-electron chi connectivity index (χ4n) is 1.05. The third kappa shape index (κ3) is 2.49. The smallest absolute Gasteiger partial charge is 0.332 e. The third-order valence-electron chi connectivity index (χ3n) is 1.93. The van der Waals surface area contributed by atoms with Crippen LogP contribution >= 0.6 is 0 Å². The standard InChI is InChI=1S/C8H11F4N3O/c1-2-3-4(13)5-14-7(16-15-5)8(11,12)6(9)10/h4,6H,2-3,13H2,1H3. The van der Waals surface area contributed by atoms with Crippen molar-refractivity contribution in [1.82, 2.24) is 10.1 Å². The molecule has 1 rings (SSSR count). The lowest BCUT2D eigenvalue weighted by Crippen LogP contribution is -2.24. The van der Waals surface area contributed by atoms with E-state index in [0.717, 1.165) is 0 Å². The average Bonchev–Trinajstić information content (AvgIpc) is 2.67. The minimum absolute atomic E-state index is 0.183. The molecule has 0 amide bonds. The predicted octanol–water partition coefficient (Wildman–Crippen LogP) is 2.23. The summed E-state index contributed by atoms with van der Waals surface area (Å²) >= 11 is 0. The van der Waals surface area contributed by atoms with Crippen molar-refractivity contribution < 1.29 is 22.1 Å². The van der Waals surface area contributed by atoms with Crippen LogP contribution < -0.4 is 5.73 Å². The number of halogens is 4. The molecule has 0 aromatic carbocycles. The van der Waals surface area contributed by atoms with E-state index in [0.29, 0.717) is 12.8 Å². The van der Waals surface area contributed by atoms with Gasteiger partial charge in [0.1, 0.15) is 0 Å². The molecule has 0 bridgehead atoms. The maximum atomic E-state index is 12.8. The number of hydrogen-bond donors (Lipinski definition) is 1. The molecule has 0 aliphatic heterocycles. The van der Waals surface area contributed by atoms with Crippen molar-refractivity contribution in [2.75, 3.05) is 0 Å².